The van der Waals surface area contributed by atoms with E-state index in [9.17, 15) is 9.59 Å². The van der Waals surface area contributed by atoms with Crippen LogP contribution in [0.15, 0.2) is 59.1 Å². The third-order valence-corrected chi connectivity index (χ3v) is 5.91. The van der Waals surface area contributed by atoms with Gasteiger partial charge in [-0.15, -0.1) is 0 Å². The number of Topliss-reactive ketones (excluding diaryl/α,β-unsaturated/α-hetero) is 2. The van der Waals surface area contributed by atoms with Gasteiger partial charge >= 0.3 is 0 Å². The molecule has 0 aromatic heterocycles. The molecule has 2 aliphatic rings. The van der Waals surface area contributed by atoms with Crippen LogP contribution in [-0.4, -0.2) is 11.6 Å². The zero-order chi connectivity index (χ0) is 16.0. The Balaban J connectivity index is 1.73. The Morgan fingerprint density at radius 1 is 1.00 bits per heavy atom. The van der Waals surface area contributed by atoms with Crippen LogP contribution >= 0.6 is 15.9 Å². The Kier molecular flexibility index (Phi) is 3.68. The van der Waals surface area contributed by atoms with Gasteiger partial charge in [-0.1, -0.05) is 58.4 Å². The van der Waals surface area contributed by atoms with Crippen molar-refractivity contribution in [2.75, 3.05) is 0 Å². The van der Waals surface area contributed by atoms with Gasteiger partial charge in [0.05, 0.1) is 0 Å². The molecule has 116 valence electrons. The SMILES string of the molecule is O=C1CC2CC1[C@H](c1ccc(Br)cc1)[C@H]2C(=O)c1ccccc1. The summed E-state index contributed by atoms with van der Waals surface area (Å²) >= 11 is 3.45. The van der Waals surface area contributed by atoms with E-state index in [2.05, 4.69) is 15.9 Å². The molecule has 3 heteroatoms. The van der Waals surface area contributed by atoms with Gasteiger partial charge < -0.3 is 0 Å². The molecular formula is C20H17BrO2. The standard InChI is InChI=1S/C20H17BrO2/c21-15-8-6-12(7-9-15)18-16-10-14(11-17(16)22)19(18)20(23)13-4-2-1-3-5-13/h1-9,14,16,18-19H,10-11H2/t14?,16?,18-,19-/m0/s1. The van der Waals surface area contributed by atoms with E-state index in [1.807, 2.05) is 54.6 Å². The molecule has 0 amide bonds. The molecule has 2 unspecified atom stereocenters. The van der Waals surface area contributed by atoms with Crippen molar-refractivity contribution in [1.82, 2.24) is 0 Å². The Morgan fingerprint density at radius 3 is 2.39 bits per heavy atom. The summed E-state index contributed by atoms with van der Waals surface area (Å²) in [7, 11) is 0. The van der Waals surface area contributed by atoms with Crippen LogP contribution in [0.1, 0.15) is 34.7 Å². The molecule has 2 bridgehead atoms. The normalized spacial score (nSPS) is 29.0. The number of hydrogen-bond acceptors (Lipinski definition) is 2. The summed E-state index contributed by atoms with van der Waals surface area (Å²) in [5.74, 6) is 0.703. The fraction of sp³-hybridized carbons (Fsp3) is 0.300. The molecule has 23 heavy (non-hydrogen) atoms. The van der Waals surface area contributed by atoms with E-state index in [0.717, 1.165) is 22.0 Å². The summed E-state index contributed by atoms with van der Waals surface area (Å²) in [4.78, 5) is 25.3. The Morgan fingerprint density at radius 2 is 1.70 bits per heavy atom. The van der Waals surface area contributed by atoms with Gasteiger partial charge in [0.25, 0.3) is 0 Å². The highest BCUT2D eigenvalue weighted by Crippen LogP contribution is 2.55. The van der Waals surface area contributed by atoms with Crippen molar-refractivity contribution >= 4 is 27.5 Å². The van der Waals surface area contributed by atoms with Crippen molar-refractivity contribution in [1.29, 1.82) is 0 Å². The summed E-state index contributed by atoms with van der Waals surface area (Å²) in [6.45, 7) is 0. The molecule has 2 aromatic rings. The summed E-state index contributed by atoms with van der Waals surface area (Å²) in [6, 6.07) is 17.6. The predicted octanol–water partition coefficient (Wildman–Crippen LogP) is 4.64. The van der Waals surface area contributed by atoms with Crippen LogP contribution in [0.3, 0.4) is 0 Å². The van der Waals surface area contributed by atoms with Crippen molar-refractivity contribution in [3.63, 3.8) is 0 Å². The van der Waals surface area contributed by atoms with Gasteiger partial charge in [-0.3, -0.25) is 9.59 Å². The highest BCUT2D eigenvalue weighted by molar-refractivity contribution is 9.10. The van der Waals surface area contributed by atoms with Crippen LogP contribution in [0.5, 0.6) is 0 Å². The van der Waals surface area contributed by atoms with Crippen LogP contribution in [0.4, 0.5) is 0 Å². The van der Waals surface area contributed by atoms with Gasteiger partial charge in [-0.2, -0.15) is 0 Å². The van der Waals surface area contributed by atoms with E-state index in [1.165, 1.54) is 0 Å². The van der Waals surface area contributed by atoms with Gasteiger partial charge in [0.2, 0.25) is 0 Å². The lowest BCUT2D eigenvalue weighted by molar-refractivity contribution is -0.122. The average Bonchev–Trinajstić information content (AvgIpc) is 3.12. The van der Waals surface area contributed by atoms with Crippen molar-refractivity contribution in [2.45, 2.75) is 18.8 Å². The van der Waals surface area contributed by atoms with E-state index >= 15 is 0 Å². The molecule has 0 aliphatic heterocycles. The number of rotatable bonds is 3. The number of fused-ring (bicyclic) bond motifs is 2. The highest BCUT2D eigenvalue weighted by atomic mass is 79.9. The predicted molar refractivity (Wildman–Crippen MR) is 92.4 cm³/mol. The maximum absolute atomic E-state index is 13.1. The number of halogens is 1. The highest BCUT2D eigenvalue weighted by Gasteiger charge is 2.55. The van der Waals surface area contributed by atoms with Crippen molar-refractivity contribution in [2.24, 2.45) is 17.8 Å². The second-order valence-electron chi connectivity index (χ2n) is 6.61. The minimum absolute atomic E-state index is 0.0128. The fourth-order valence-corrected chi connectivity index (χ4v) is 4.68. The maximum Gasteiger partial charge on any atom is 0.166 e. The van der Waals surface area contributed by atoms with E-state index in [-0.39, 0.29) is 29.5 Å². The van der Waals surface area contributed by atoms with E-state index < -0.39 is 0 Å². The molecule has 0 heterocycles. The van der Waals surface area contributed by atoms with E-state index in [1.54, 1.807) is 0 Å². The fourth-order valence-electron chi connectivity index (χ4n) is 4.41. The quantitative estimate of drug-likeness (QED) is 0.739. The Labute approximate surface area is 144 Å². The third-order valence-electron chi connectivity index (χ3n) is 5.38. The van der Waals surface area contributed by atoms with Crippen LogP contribution in [-0.2, 0) is 4.79 Å². The van der Waals surface area contributed by atoms with Gasteiger partial charge in [0, 0.05) is 34.2 Å². The lowest BCUT2D eigenvalue weighted by Crippen LogP contribution is -2.32. The summed E-state index contributed by atoms with van der Waals surface area (Å²) in [5.41, 5.74) is 1.88. The number of benzene rings is 2. The molecule has 0 radical (unpaired) electrons. The molecule has 2 fully saturated rings. The minimum Gasteiger partial charge on any atom is -0.299 e. The number of carbonyl (C=O) groups excluding carboxylic acids is 2. The van der Waals surface area contributed by atoms with E-state index in [0.29, 0.717) is 12.2 Å². The molecular weight excluding hydrogens is 352 g/mol. The molecule has 0 saturated heterocycles. The van der Waals surface area contributed by atoms with E-state index in [4.69, 9.17) is 0 Å². The number of ketones is 2. The second-order valence-corrected chi connectivity index (χ2v) is 7.52. The zero-order valence-corrected chi connectivity index (χ0v) is 14.2. The summed E-state index contributed by atoms with van der Waals surface area (Å²) < 4.78 is 1.02. The first-order valence-electron chi connectivity index (χ1n) is 8.02. The average molecular weight is 369 g/mol. The lowest BCUT2D eigenvalue weighted by Gasteiger charge is -2.30. The lowest BCUT2D eigenvalue weighted by atomic mass is 9.72. The van der Waals surface area contributed by atoms with Crippen molar-refractivity contribution in [3.05, 3.63) is 70.2 Å². The first-order chi connectivity index (χ1) is 11.1. The zero-order valence-electron chi connectivity index (χ0n) is 12.6. The first kappa shape index (κ1) is 14.8. The Hall–Kier alpha value is -1.74. The largest absolute Gasteiger partial charge is 0.299 e. The van der Waals surface area contributed by atoms with Gasteiger partial charge in [0.15, 0.2) is 5.78 Å². The third kappa shape index (κ3) is 2.47. The van der Waals surface area contributed by atoms with Gasteiger partial charge in [-0.05, 0) is 30.0 Å². The van der Waals surface area contributed by atoms with Crippen LogP contribution in [0, 0.1) is 17.8 Å². The van der Waals surface area contributed by atoms with Crippen LogP contribution < -0.4 is 0 Å². The number of hydrogen-bond donors (Lipinski definition) is 0. The molecule has 4 rings (SSSR count). The maximum atomic E-state index is 13.1. The Bertz CT molecular complexity index is 751. The summed E-state index contributed by atoms with van der Waals surface area (Å²) in [5, 5.41) is 0. The van der Waals surface area contributed by atoms with Crippen molar-refractivity contribution < 1.29 is 9.59 Å². The molecule has 0 N–H and O–H groups in total. The smallest absolute Gasteiger partial charge is 0.166 e. The monoisotopic (exact) mass is 368 g/mol. The molecule has 0 spiro atoms. The number of carbonyl (C=O) groups is 2. The van der Waals surface area contributed by atoms with Gasteiger partial charge in [0.1, 0.15) is 5.78 Å². The second kappa shape index (κ2) is 5.72. The molecule has 4 atom stereocenters. The van der Waals surface area contributed by atoms with Crippen LogP contribution in [0.2, 0.25) is 0 Å². The van der Waals surface area contributed by atoms with Crippen molar-refractivity contribution in [3.8, 4) is 0 Å². The van der Waals surface area contributed by atoms with Gasteiger partial charge in [-0.25, -0.2) is 0 Å². The molecule has 2 nitrogen and oxygen atoms in total. The minimum atomic E-state index is -0.0683. The molecule has 2 saturated carbocycles. The molecule has 2 aliphatic carbocycles. The molecule has 2 aromatic carbocycles. The first-order valence-corrected chi connectivity index (χ1v) is 8.82. The summed E-state index contributed by atoms with van der Waals surface area (Å²) in [6.07, 6.45) is 1.43. The van der Waals surface area contributed by atoms with Crippen LogP contribution in [0.25, 0.3) is 0 Å². The topological polar surface area (TPSA) is 34.1 Å².